The number of carbonyl (C=O) groups excluding carboxylic acids is 3. The number of ether oxygens (including phenoxy) is 3. The van der Waals surface area contributed by atoms with Gasteiger partial charge >= 0.3 is 17.9 Å². The van der Waals surface area contributed by atoms with E-state index >= 15 is 0 Å². The summed E-state index contributed by atoms with van der Waals surface area (Å²) in [5.74, 6) is -0.878. The van der Waals surface area contributed by atoms with E-state index in [1.54, 1.807) is 0 Å². The Morgan fingerprint density at radius 1 is 0.286 bits per heavy atom. The molecule has 0 aliphatic rings. The molecule has 0 aromatic carbocycles. The van der Waals surface area contributed by atoms with E-state index in [9.17, 15) is 14.4 Å². The molecular formula is C64H116O6. The van der Waals surface area contributed by atoms with E-state index < -0.39 is 6.10 Å². The summed E-state index contributed by atoms with van der Waals surface area (Å²) < 4.78 is 16.9. The van der Waals surface area contributed by atoms with Gasteiger partial charge in [0.25, 0.3) is 0 Å². The van der Waals surface area contributed by atoms with Crippen molar-refractivity contribution in [2.45, 2.75) is 329 Å². The zero-order valence-electron chi connectivity index (χ0n) is 46.8. The average Bonchev–Trinajstić information content (AvgIpc) is 3.36. The smallest absolute Gasteiger partial charge is 0.306 e. The molecule has 0 bridgehead atoms. The van der Waals surface area contributed by atoms with Gasteiger partial charge < -0.3 is 14.2 Å². The van der Waals surface area contributed by atoms with E-state index in [0.717, 1.165) is 70.6 Å². The lowest BCUT2D eigenvalue weighted by Crippen LogP contribution is -2.30. The molecular weight excluding hydrogens is 865 g/mol. The Labute approximate surface area is 435 Å². The van der Waals surface area contributed by atoms with Crippen LogP contribution in [0.3, 0.4) is 0 Å². The molecule has 0 radical (unpaired) electrons. The number of unbranched alkanes of at least 4 members (excludes halogenated alkanes) is 37. The van der Waals surface area contributed by atoms with E-state index in [4.69, 9.17) is 14.2 Å². The number of rotatable bonds is 56. The third kappa shape index (κ3) is 56.3. The van der Waals surface area contributed by atoms with Crippen molar-refractivity contribution in [2.24, 2.45) is 0 Å². The van der Waals surface area contributed by atoms with Gasteiger partial charge in [-0.15, -0.1) is 0 Å². The van der Waals surface area contributed by atoms with Gasteiger partial charge in [0.2, 0.25) is 0 Å². The van der Waals surface area contributed by atoms with Gasteiger partial charge in [0, 0.05) is 19.3 Å². The van der Waals surface area contributed by atoms with Crippen LogP contribution in [0, 0.1) is 0 Å². The quantitative estimate of drug-likeness (QED) is 0.0261. The number of allylic oxidation sites excluding steroid dienone is 8. The van der Waals surface area contributed by atoms with Crippen LogP contribution in [0.5, 0.6) is 0 Å². The van der Waals surface area contributed by atoms with Crippen LogP contribution in [0.25, 0.3) is 0 Å². The van der Waals surface area contributed by atoms with Crippen molar-refractivity contribution in [3.63, 3.8) is 0 Å². The highest BCUT2D eigenvalue weighted by atomic mass is 16.6. The van der Waals surface area contributed by atoms with Gasteiger partial charge in [0.15, 0.2) is 6.10 Å². The van der Waals surface area contributed by atoms with Crippen LogP contribution >= 0.6 is 0 Å². The molecule has 0 aliphatic carbocycles. The third-order valence-electron chi connectivity index (χ3n) is 13.5. The van der Waals surface area contributed by atoms with E-state index in [-0.39, 0.29) is 31.1 Å². The van der Waals surface area contributed by atoms with Gasteiger partial charge in [-0.05, 0) is 103 Å². The van der Waals surface area contributed by atoms with E-state index in [1.165, 1.54) is 212 Å². The lowest BCUT2D eigenvalue weighted by molar-refractivity contribution is -0.167. The predicted octanol–water partition coefficient (Wildman–Crippen LogP) is 20.6. The molecule has 408 valence electrons. The standard InChI is InChI=1S/C64H116O6/c1-4-7-10-13-16-19-22-25-28-31-32-34-36-39-42-45-48-51-54-57-63(66)69-60-61(59-68-62(65)56-53-50-47-44-41-38-35-30-27-24-21-18-15-12-9-6-3)70-64(67)58-55-52-49-46-43-40-37-33-29-26-23-20-17-14-11-8-5-2/h16,19,25-26,28-30,35,61H,4-15,17-18,20-24,27,31-34,36-60H2,1-3H3/b19-16-,28-25-,29-26-,35-30-/t61-/m1/s1. The Kier molecular flexibility index (Phi) is 56.7. The molecule has 6 heteroatoms. The monoisotopic (exact) mass is 981 g/mol. The summed E-state index contributed by atoms with van der Waals surface area (Å²) in [6, 6.07) is 0. The van der Waals surface area contributed by atoms with Gasteiger partial charge in [-0.1, -0.05) is 249 Å². The van der Waals surface area contributed by atoms with Crippen LogP contribution in [-0.2, 0) is 28.6 Å². The fourth-order valence-corrected chi connectivity index (χ4v) is 8.88. The van der Waals surface area contributed by atoms with Crippen molar-refractivity contribution in [1.29, 1.82) is 0 Å². The summed E-state index contributed by atoms with van der Waals surface area (Å²) in [7, 11) is 0. The first-order chi connectivity index (χ1) is 34.5. The van der Waals surface area contributed by atoms with Crippen LogP contribution in [0.4, 0.5) is 0 Å². The normalized spacial score (nSPS) is 12.3. The van der Waals surface area contributed by atoms with Crippen LogP contribution in [0.2, 0.25) is 0 Å². The summed E-state index contributed by atoms with van der Waals surface area (Å²) >= 11 is 0. The Bertz CT molecular complexity index is 1220. The van der Waals surface area contributed by atoms with Gasteiger partial charge in [-0.2, -0.15) is 0 Å². The molecule has 6 nitrogen and oxygen atoms in total. The van der Waals surface area contributed by atoms with Crippen molar-refractivity contribution in [3.05, 3.63) is 48.6 Å². The molecule has 0 heterocycles. The summed E-state index contributed by atoms with van der Waals surface area (Å²) in [4.78, 5) is 38.2. The number of hydrogen-bond donors (Lipinski definition) is 0. The molecule has 1 atom stereocenters. The molecule has 0 aliphatic heterocycles. The predicted molar refractivity (Wildman–Crippen MR) is 302 cm³/mol. The minimum Gasteiger partial charge on any atom is -0.462 e. The van der Waals surface area contributed by atoms with Crippen LogP contribution in [0.15, 0.2) is 48.6 Å². The minimum atomic E-state index is -0.780. The maximum atomic E-state index is 12.9. The highest BCUT2D eigenvalue weighted by Gasteiger charge is 2.19. The van der Waals surface area contributed by atoms with Crippen LogP contribution < -0.4 is 0 Å². The van der Waals surface area contributed by atoms with Gasteiger partial charge in [0.05, 0.1) is 0 Å². The lowest BCUT2D eigenvalue weighted by Gasteiger charge is -2.18. The average molecular weight is 982 g/mol. The molecule has 0 unspecified atom stereocenters. The van der Waals surface area contributed by atoms with Crippen LogP contribution in [0.1, 0.15) is 323 Å². The number of carbonyl (C=O) groups is 3. The van der Waals surface area contributed by atoms with E-state index in [2.05, 4.69) is 69.4 Å². The molecule has 0 rings (SSSR count). The first kappa shape index (κ1) is 67.4. The molecule has 0 N–H and O–H groups in total. The number of hydrogen-bond acceptors (Lipinski definition) is 6. The molecule has 0 aromatic rings. The SMILES string of the molecule is CCCCC/C=C\C/C=C\CCCCCCCCCCCC(=O)OC[C@@H](COC(=O)CCCCCCC/C=C\CCCCCCCCC)OC(=O)CCCCCCCCC/C=C\CCCCCCCC. The fraction of sp³-hybridized carbons (Fsp3) is 0.828. The maximum Gasteiger partial charge on any atom is 0.306 e. The summed E-state index contributed by atoms with van der Waals surface area (Å²) in [5, 5.41) is 0. The van der Waals surface area contributed by atoms with Gasteiger partial charge in [0.1, 0.15) is 13.2 Å². The zero-order chi connectivity index (χ0) is 50.7. The summed E-state index contributed by atoms with van der Waals surface area (Å²) in [6.07, 6.45) is 72.4. The van der Waals surface area contributed by atoms with E-state index in [1.807, 2.05) is 0 Å². The second-order valence-electron chi connectivity index (χ2n) is 20.6. The summed E-state index contributed by atoms with van der Waals surface area (Å²) in [6.45, 7) is 6.64. The second-order valence-corrected chi connectivity index (χ2v) is 20.6. The Hall–Kier alpha value is -2.63. The van der Waals surface area contributed by atoms with Crippen molar-refractivity contribution < 1.29 is 28.6 Å². The van der Waals surface area contributed by atoms with Crippen molar-refractivity contribution in [2.75, 3.05) is 13.2 Å². The summed E-state index contributed by atoms with van der Waals surface area (Å²) in [5.41, 5.74) is 0. The first-order valence-corrected chi connectivity index (χ1v) is 30.6. The van der Waals surface area contributed by atoms with E-state index in [0.29, 0.717) is 19.3 Å². The second kappa shape index (κ2) is 58.9. The topological polar surface area (TPSA) is 78.9 Å². The molecule has 0 amide bonds. The molecule has 0 spiro atoms. The van der Waals surface area contributed by atoms with Gasteiger partial charge in [-0.25, -0.2) is 0 Å². The highest BCUT2D eigenvalue weighted by Crippen LogP contribution is 2.16. The fourth-order valence-electron chi connectivity index (χ4n) is 8.88. The number of esters is 3. The highest BCUT2D eigenvalue weighted by molar-refractivity contribution is 5.71. The third-order valence-corrected chi connectivity index (χ3v) is 13.5. The van der Waals surface area contributed by atoms with Gasteiger partial charge in [-0.3, -0.25) is 14.4 Å². The molecule has 0 saturated heterocycles. The largest absolute Gasteiger partial charge is 0.462 e. The molecule has 0 aromatic heterocycles. The van der Waals surface area contributed by atoms with Crippen molar-refractivity contribution in [1.82, 2.24) is 0 Å². The zero-order valence-corrected chi connectivity index (χ0v) is 46.8. The molecule has 0 fully saturated rings. The molecule has 70 heavy (non-hydrogen) atoms. The van der Waals surface area contributed by atoms with Crippen molar-refractivity contribution >= 4 is 17.9 Å². The minimum absolute atomic E-state index is 0.0778. The maximum absolute atomic E-state index is 12.9. The first-order valence-electron chi connectivity index (χ1n) is 30.6. The molecule has 0 saturated carbocycles. The lowest BCUT2D eigenvalue weighted by atomic mass is 10.1. The Balaban J connectivity index is 4.37. The van der Waals surface area contributed by atoms with Crippen molar-refractivity contribution in [3.8, 4) is 0 Å². The Morgan fingerprint density at radius 3 is 0.829 bits per heavy atom. The Morgan fingerprint density at radius 2 is 0.514 bits per heavy atom. The van der Waals surface area contributed by atoms with Crippen LogP contribution in [-0.4, -0.2) is 37.2 Å².